The van der Waals surface area contributed by atoms with Gasteiger partial charge in [0.15, 0.2) is 0 Å². The van der Waals surface area contributed by atoms with Crippen LogP contribution in [0.25, 0.3) is 0 Å². The van der Waals surface area contributed by atoms with Crippen LogP contribution < -0.4 is 5.32 Å². The van der Waals surface area contributed by atoms with E-state index in [9.17, 15) is 5.11 Å². The minimum Gasteiger partial charge on any atom is -0.394 e. The third kappa shape index (κ3) is 8.39. The minimum absolute atomic E-state index is 0.0574. The number of thioether (sulfide) groups is 1. The summed E-state index contributed by atoms with van der Waals surface area (Å²) in [6, 6.07) is 0.439. The third-order valence-corrected chi connectivity index (χ3v) is 4.57. The van der Waals surface area contributed by atoms with Crippen LogP contribution in [0.5, 0.6) is 0 Å². The molecule has 0 aromatic rings. The Bertz CT molecular complexity index is 181. The first-order valence-corrected chi connectivity index (χ1v) is 8.72. The van der Waals surface area contributed by atoms with Gasteiger partial charge in [-0.05, 0) is 37.2 Å². The van der Waals surface area contributed by atoms with Crippen LogP contribution in [0.4, 0.5) is 0 Å². The summed E-state index contributed by atoms with van der Waals surface area (Å²) >= 11 is 2.06. The van der Waals surface area contributed by atoms with Gasteiger partial charge in [-0.3, -0.25) is 0 Å². The fourth-order valence-corrected chi connectivity index (χ4v) is 3.23. The zero-order valence-electron chi connectivity index (χ0n) is 12.8. The van der Waals surface area contributed by atoms with Crippen molar-refractivity contribution in [2.24, 2.45) is 0 Å². The predicted octanol–water partition coefficient (Wildman–Crippen LogP) is 3.83. The summed E-state index contributed by atoms with van der Waals surface area (Å²) in [6.07, 6.45) is 7.30. The third-order valence-electron chi connectivity index (χ3n) is 3.41. The fraction of sp³-hybridized carbons (Fsp3) is 1.00. The van der Waals surface area contributed by atoms with Crippen LogP contribution in [0, 0.1) is 0 Å². The maximum Gasteiger partial charge on any atom is 0.0613 e. The number of rotatable bonds is 12. The Hall–Kier alpha value is 0.270. The van der Waals surface area contributed by atoms with Crippen LogP contribution in [0.3, 0.4) is 0 Å². The number of hydrogen-bond acceptors (Lipinski definition) is 3. The lowest BCUT2D eigenvalue weighted by molar-refractivity contribution is 0.137. The van der Waals surface area contributed by atoms with Crippen molar-refractivity contribution in [3.05, 3.63) is 0 Å². The van der Waals surface area contributed by atoms with E-state index in [1.807, 2.05) is 0 Å². The molecule has 0 saturated heterocycles. The molecule has 0 aliphatic heterocycles. The molecule has 18 heavy (non-hydrogen) atoms. The first-order chi connectivity index (χ1) is 8.60. The summed E-state index contributed by atoms with van der Waals surface area (Å²) in [5, 5.41) is 13.2. The molecule has 0 saturated carbocycles. The van der Waals surface area contributed by atoms with Gasteiger partial charge in [-0.2, -0.15) is 11.8 Å². The van der Waals surface area contributed by atoms with E-state index in [1.165, 1.54) is 37.2 Å². The number of aliphatic hydroxyl groups is 1. The average Bonchev–Trinajstić information content (AvgIpc) is 2.36. The van der Waals surface area contributed by atoms with Crippen LogP contribution in [0.2, 0.25) is 0 Å². The highest BCUT2D eigenvalue weighted by atomic mass is 32.2. The van der Waals surface area contributed by atoms with Crippen LogP contribution in [-0.2, 0) is 0 Å². The Kier molecular flexibility index (Phi) is 11.3. The molecular formula is C15H33NOS. The SMILES string of the molecule is CCCCCSCCCC(CC)(CO)NC(C)C. The van der Waals surface area contributed by atoms with Crippen molar-refractivity contribution in [3.63, 3.8) is 0 Å². The molecule has 0 aliphatic carbocycles. The van der Waals surface area contributed by atoms with E-state index in [2.05, 4.69) is 44.8 Å². The lowest BCUT2D eigenvalue weighted by atomic mass is 9.91. The molecule has 3 heteroatoms. The smallest absolute Gasteiger partial charge is 0.0613 e. The molecule has 2 N–H and O–H groups in total. The molecular weight excluding hydrogens is 242 g/mol. The quantitative estimate of drug-likeness (QED) is 0.531. The maximum atomic E-state index is 9.63. The fourth-order valence-electron chi connectivity index (χ4n) is 2.27. The largest absolute Gasteiger partial charge is 0.394 e. The molecule has 0 fully saturated rings. The molecule has 1 unspecified atom stereocenters. The van der Waals surface area contributed by atoms with Gasteiger partial charge in [0.2, 0.25) is 0 Å². The van der Waals surface area contributed by atoms with Gasteiger partial charge in [0.1, 0.15) is 0 Å². The second-order valence-electron chi connectivity index (χ2n) is 5.51. The molecule has 0 amide bonds. The molecule has 0 spiro atoms. The normalized spacial score (nSPS) is 15.0. The van der Waals surface area contributed by atoms with E-state index in [-0.39, 0.29) is 12.1 Å². The number of nitrogens with one attached hydrogen (secondary N) is 1. The molecule has 2 nitrogen and oxygen atoms in total. The van der Waals surface area contributed by atoms with Crippen LogP contribution >= 0.6 is 11.8 Å². The van der Waals surface area contributed by atoms with Crippen molar-refractivity contribution in [3.8, 4) is 0 Å². The van der Waals surface area contributed by atoms with Crippen molar-refractivity contribution < 1.29 is 5.11 Å². The predicted molar refractivity (Wildman–Crippen MR) is 84.5 cm³/mol. The number of aliphatic hydroxyl groups excluding tert-OH is 1. The Morgan fingerprint density at radius 1 is 1.11 bits per heavy atom. The summed E-state index contributed by atoms with van der Waals surface area (Å²) in [5.41, 5.74) is -0.0574. The van der Waals surface area contributed by atoms with Crippen LogP contribution in [0.1, 0.15) is 66.2 Å². The van der Waals surface area contributed by atoms with Gasteiger partial charge in [0.05, 0.1) is 6.61 Å². The zero-order chi connectivity index (χ0) is 13.9. The van der Waals surface area contributed by atoms with Gasteiger partial charge in [-0.1, -0.05) is 40.5 Å². The Labute approximate surface area is 118 Å². The van der Waals surface area contributed by atoms with E-state index < -0.39 is 0 Å². The monoisotopic (exact) mass is 275 g/mol. The lowest BCUT2D eigenvalue weighted by Gasteiger charge is -2.34. The zero-order valence-corrected chi connectivity index (χ0v) is 13.6. The van der Waals surface area contributed by atoms with Gasteiger partial charge in [0.25, 0.3) is 0 Å². The highest BCUT2D eigenvalue weighted by Gasteiger charge is 2.26. The highest BCUT2D eigenvalue weighted by Crippen LogP contribution is 2.20. The van der Waals surface area contributed by atoms with Crippen LogP contribution in [0.15, 0.2) is 0 Å². The lowest BCUT2D eigenvalue weighted by Crippen LogP contribution is -2.51. The standard InChI is InChI=1S/C15H33NOS/c1-5-7-8-11-18-12-9-10-15(6-2,13-17)16-14(3)4/h14,16-17H,5-13H2,1-4H3. The topological polar surface area (TPSA) is 32.3 Å². The van der Waals surface area contributed by atoms with E-state index in [0.717, 1.165) is 12.8 Å². The molecule has 0 aromatic heterocycles. The van der Waals surface area contributed by atoms with E-state index in [1.54, 1.807) is 0 Å². The Morgan fingerprint density at radius 3 is 2.28 bits per heavy atom. The number of unbranched alkanes of at least 4 members (excludes halogenated alkanes) is 2. The summed E-state index contributed by atoms with van der Waals surface area (Å²) in [5.74, 6) is 2.52. The van der Waals surface area contributed by atoms with Crippen molar-refractivity contribution in [2.75, 3.05) is 18.1 Å². The van der Waals surface area contributed by atoms with E-state index >= 15 is 0 Å². The molecule has 110 valence electrons. The van der Waals surface area contributed by atoms with Gasteiger partial charge in [0, 0.05) is 11.6 Å². The molecule has 0 heterocycles. The Balaban J connectivity index is 3.76. The second-order valence-corrected chi connectivity index (χ2v) is 6.74. The van der Waals surface area contributed by atoms with E-state index in [4.69, 9.17) is 0 Å². The van der Waals surface area contributed by atoms with Gasteiger partial charge in [-0.25, -0.2) is 0 Å². The summed E-state index contributed by atoms with van der Waals surface area (Å²) < 4.78 is 0. The van der Waals surface area contributed by atoms with Gasteiger partial charge < -0.3 is 10.4 Å². The summed E-state index contributed by atoms with van der Waals surface area (Å²) in [6.45, 7) is 8.97. The van der Waals surface area contributed by atoms with Crippen molar-refractivity contribution in [2.45, 2.75) is 77.8 Å². The van der Waals surface area contributed by atoms with E-state index in [0.29, 0.717) is 6.04 Å². The summed E-state index contributed by atoms with van der Waals surface area (Å²) in [7, 11) is 0. The second kappa shape index (κ2) is 11.1. The van der Waals surface area contributed by atoms with Crippen molar-refractivity contribution in [1.29, 1.82) is 0 Å². The highest BCUT2D eigenvalue weighted by molar-refractivity contribution is 7.99. The van der Waals surface area contributed by atoms with Gasteiger partial charge >= 0.3 is 0 Å². The van der Waals surface area contributed by atoms with Gasteiger partial charge in [-0.15, -0.1) is 0 Å². The molecule has 0 bridgehead atoms. The van der Waals surface area contributed by atoms with Crippen LogP contribution in [-0.4, -0.2) is 34.8 Å². The first kappa shape index (κ1) is 18.3. The molecule has 0 radical (unpaired) electrons. The van der Waals surface area contributed by atoms with Crippen molar-refractivity contribution in [1.82, 2.24) is 5.32 Å². The maximum absolute atomic E-state index is 9.63. The summed E-state index contributed by atoms with van der Waals surface area (Å²) in [4.78, 5) is 0. The van der Waals surface area contributed by atoms with Crippen molar-refractivity contribution >= 4 is 11.8 Å². The Morgan fingerprint density at radius 2 is 1.78 bits per heavy atom. The molecule has 1 atom stereocenters. The average molecular weight is 276 g/mol. The molecule has 0 aliphatic rings. The first-order valence-electron chi connectivity index (χ1n) is 7.56. The number of hydrogen-bond donors (Lipinski definition) is 2. The minimum atomic E-state index is -0.0574. The molecule has 0 aromatic carbocycles. The molecule has 0 rings (SSSR count).